The van der Waals surface area contributed by atoms with Crippen LogP contribution in [0.15, 0.2) is 23.5 Å². The summed E-state index contributed by atoms with van der Waals surface area (Å²) in [5.41, 5.74) is 0.336. The third kappa shape index (κ3) is 1.03. The lowest BCUT2D eigenvalue weighted by atomic mass is 10.2. The largest absolute Gasteiger partial charge is 0.507 e. The van der Waals surface area contributed by atoms with E-state index in [9.17, 15) is 4.79 Å². The number of carbonyl (C=O) groups excluding carboxylic acids is 1. The van der Waals surface area contributed by atoms with Crippen LogP contribution < -0.4 is 0 Å². The molecule has 0 aromatic carbocycles. The maximum absolute atomic E-state index is 10.7. The molecule has 3 heteroatoms. The summed E-state index contributed by atoms with van der Waals surface area (Å²) in [5, 5.41) is 8.98. The quantitative estimate of drug-likeness (QED) is 0.551. The van der Waals surface area contributed by atoms with Gasteiger partial charge in [0.1, 0.15) is 5.76 Å². The highest BCUT2D eigenvalue weighted by Gasteiger charge is 2.16. The summed E-state index contributed by atoms with van der Waals surface area (Å²) in [5.74, 6) is -0.436. The van der Waals surface area contributed by atoms with Gasteiger partial charge in [-0.15, -0.1) is 0 Å². The molecular formula is C7H8O3. The molecule has 0 spiro atoms. The average molecular weight is 140 g/mol. The Morgan fingerprint density at radius 3 is 2.90 bits per heavy atom. The molecule has 0 aromatic heterocycles. The molecule has 0 bridgehead atoms. The average Bonchev–Trinajstić information content (AvgIpc) is 2.34. The van der Waals surface area contributed by atoms with Crippen LogP contribution in [0.25, 0.3) is 0 Å². The Hall–Kier alpha value is -1.25. The van der Waals surface area contributed by atoms with E-state index in [0.29, 0.717) is 12.0 Å². The van der Waals surface area contributed by atoms with Gasteiger partial charge in [0.25, 0.3) is 0 Å². The van der Waals surface area contributed by atoms with Crippen LogP contribution in [-0.4, -0.2) is 18.2 Å². The molecule has 0 saturated heterocycles. The molecule has 1 rings (SSSR count). The van der Waals surface area contributed by atoms with Gasteiger partial charge in [0.15, 0.2) is 0 Å². The number of rotatable bonds is 1. The van der Waals surface area contributed by atoms with E-state index in [4.69, 9.17) is 5.11 Å². The molecule has 0 aliphatic heterocycles. The van der Waals surface area contributed by atoms with E-state index in [1.807, 2.05) is 0 Å². The van der Waals surface area contributed by atoms with Crippen LogP contribution in [0.1, 0.15) is 6.42 Å². The second-order valence-electron chi connectivity index (χ2n) is 1.96. The predicted octanol–water partition coefficient (Wildman–Crippen LogP) is 0.931. The van der Waals surface area contributed by atoms with Crippen LogP contribution in [-0.2, 0) is 9.53 Å². The molecule has 0 aromatic rings. The minimum Gasteiger partial charge on any atom is -0.507 e. The van der Waals surface area contributed by atoms with Crippen molar-refractivity contribution in [1.82, 2.24) is 0 Å². The Balaban J connectivity index is 2.76. The second kappa shape index (κ2) is 2.56. The third-order valence-electron chi connectivity index (χ3n) is 1.34. The van der Waals surface area contributed by atoms with E-state index in [1.165, 1.54) is 13.2 Å². The van der Waals surface area contributed by atoms with Gasteiger partial charge in [0.2, 0.25) is 0 Å². The smallest absolute Gasteiger partial charge is 0.337 e. The Morgan fingerprint density at radius 1 is 1.80 bits per heavy atom. The van der Waals surface area contributed by atoms with Gasteiger partial charge < -0.3 is 9.84 Å². The van der Waals surface area contributed by atoms with Crippen LogP contribution in [0.2, 0.25) is 0 Å². The number of ether oxygens (including phenoxy) is 1. The van der Waals surface area contributed by atoms with E-state index in [0.717, 1.165) is 0 Å². The Kier molecular flexibility index (Phi) is 1.76. The fraction of sp³-hybridized carbons (Fsp3) is 0.286. The van der Waals surface area contributed by atoms with Crippen molar-refractivity contribution in [2.75, 3.05) is 7.11 Å². The molecule has 0 fully saturated rings. The molecule has 54 valence electrons. The fourth-order valence-electron chi connectivity index (χ4n) is 0.805. The summed E-state index contributed by atoms with van der Waals surface area (Å²) in [6, 6.07) is 0. The minimum absolute atomic E-state index is 0.0202. The van der Waals surface area contributed by atoms with Crippen LogP contribution in [0.3, 0.4) is 0 Å². The molecule has 10 heavy (non-hydrogen) atoms. The number of allylic oxidation sites excluding steroid dienone is 2. The number of methoxy groups -OCH3 is 1. The Morgan fingerprint density at radius 2 is 2.50 bits per heavy atom. The molecule has 0 saturated carbocycles. The lowest BCUT2D eigenvalue weighted by Gasteiger charge is -1.98. The van der Waals surface area contributed by atoms with E-state index in [-0.39, 0.29) is 5.76 Å². The highest BCUT2D eigenvalue weighted by molar-refractivity contribution is 5.90. The zero-order valence-electron chi connectivity index (χ0n) is 5.63. The predicted molar refractivity (Wildman–Crippen MR) is 35.4 cm³/mol. The maximum Gasteiger partial charge on any atom is 0.337 e. The SMILES string of the molecule is COC(=O)C1=C(O)C=CC1. The summed E-state index contributed by atoms with van der Waals surface area (Å²) in [7, 11) is 1.29. The van der Waals surface area contributed by atoms with Gasteiger partial charge in [-0.3, -0.25) is 0 Å². The van der Waals surface area contributed by atoms with Crippen molar-refractivity contribution in [3.8, 4) is 0 Å². The first-order valence-electron chi connectivity index (χ1n) is 2.92. The lowest BCUT2D eigenvalue weighted by Crippen LogP contribution is -2.04. The highest BCUT2D eigenvalue weighted by atomic mass is 16.5. The number of hydrogen-bond acceptors (Lipinski definition) is 3. The number of carbonyl (C=O) groups is 1. The van der Waals surface area contributed by atoms with Crippen molar-refractivity contribution in [3.05, 3.63) is 23.5 Å². The molecule has 1 aliphatic rings. The van der Waals surface area contributed by atoms with Gasteiger partial charge in [0.05, 0.1) is 12.7 Å². The first kappa shape index (κ1) is 6.86. The van der Waals surface area contributed by atoms with E-state index in [2.05, 4.69) is 4.74 Å². The maximum atomic E-state index is 10.7. The van der Waals surface area contributed by atoms with E-state index < -0.39 is 5.97 Å². The van der Waals surface area contributed by atoms with Crippen molar-refractivity contribution in [2.45, 2.75) is 6.42 Å². The fourth-order valence-corrected chi connectivity index (χ4v) is 0.805. The third-order valence-corrected chi connectivity index (χ3v) is 1.34. The molecule has 0 atom stereocenters. The van der Waals surface area contributed by atoms with E-state index >= 15 is 0 Å². The topological polar surface area (TPSA) is 46.5 Å². The molecule has 3 nitrogen and oxygen atoms in total. The van der Waals surface area contributed by atoms with Crippen molar-refractivity contribution < 1.29 is 14.6 Å². The van der Waals surface area contributed by atoms with Gasteiger partial charge in [-0.05, 0) is 6.08 Å². The molecule has 1 aliphatic carbocycles. The van der Waals surface area contributed by atoms with Crippen LogP contribution in [0, 0.1) is 0 Å². The van der Waals surface area contributed by atoms with Gasteiger partial charge in [-0.2, -0.15) is 0 Å². The first-order chi connectivity index (χ1) is 4.75. The molecule has 1 N–H and O–H groups in total. The Bertz CT molecular complexity index is 213. The number of aliphatic hydroxyl groups is 1. The van der Waals surface area contributed by atoms with Gasteiger partial charge in [0, 0.05) is 6.42 Å². The number of aliphatic hydroxyl groups excluding tert-OH is 1. The zero-order valence-corrected chi connectivity index (χ0v) is 5.63. The van der Waals surface area contributed by atoms with Gasteiger partial charge in [-0.25, -0.2) is 4.79 Å². The minimum atomic E-state index is -0.456. The zero-order chi connectivity index (χ0) is 7.56. The second-order valence-corrected chi connectivity index (χ2v) is 1.96. The van der Waals surface area contributed by atoms with E-state index in [1.54, 1.807) is 6.08 Å². The van der Waals surface area contributed by atoms with Crippen molar-refractivity contribution >= 4 is 5.97 Å². The molecule has 0 unspecified atom stereocenters. The van der Waals surface area contributed by atoms with Crippen molar-refractivity contribution in [3.63, 3.8) is 0 Å². The molecule has 0 radical (unpaired) electrons. The number of esters is 1. The van der Waals surface area contributed by atoms with Crippen molar-refractivity contribution in [2.24, 2.45) is 0 Å². The summed E-state index contributed by atoms with van der Waals surface area (Å²) in [6.45, 7) is 0. The van der Waals surface area contributed by atoms with Gasteiger partial charge >= 0.3 is 5.97 Å². The van der Waals surface area contributed by atoms with Crippen LogP contribution in [0.5, 0.6) is 0 Å². The monoisotopic (exact) mass is 140 g/mol. The molecule has 0 amide bonds. The summed E-state index contributed by atoms with van der Waals surface area (Å²) in [4.78, 5) is 10.7. The Labute approximate surface area is 58.6 Å². The summed E-state index contributed by atoms with van der Waals surface area (Å²) >= 11 is 0. The standard InChI is InChI=1S/C7H8O3/c1-10-7(9)5-3-2-4-6(5)8/h2,4,8H,3H2,1H3. The van der Waals surface area contributed by atoms with Crippen LogP contribution in [0.4, 0.5) is 0 Å². The summed E-state index contributed by atoms with van der Waals surface area (Å²) in [6.07, 6.45) is 3.67. The van der Waals surface area contributed by atoms with Crippen molar-refractivity contribution in [1.29, 1.82) is 0 Å². The summed E-state index contributed by atoms with van der Waals surface area (Å²) < 4.78 is 4.41. The molecule has 0 heterocycles. The van der Waals surface area contributed by atoms with Gasteiger partial charge in [-0.1, -0.05) is 6.08 Å². The first-order valence-corrected chi connectivity index (χ1v) is 2.92. The highest BCUT2D eigenvalue weighted by Crippen LogP contribution is 2.17. The normalized spacial score (nSPS) is 16.1. The molecular weight excluding hydrogens is 132 g/mol. The van der Waals surface area contributed by atoms with Crippen LogP contribution >= 0.6 is 0 Å². The number of hydrogen-bond donors (Lipinski definition) is 1. The lowest BCUT2D eigenvalue weighted by molar-refractivity contribution is -0.136.